The topological polar surface area (TPSA) is 47.3 Å². The zero-order valence-electron chi connectivity index (χ0n) is 13.1. The number of halogens is 3. The Kier molecular flexibility index (Phi) is 5.06. The number of hydrogen-bond acceptors (Lipinski definition) is 4. The third-order valence-electron chi connectivity index (χ3n) is 4.17. The molecule has 130 valence electrons. The second-order valence-electron chi connectivity index (χ2n) is 5.60. The van der Waals surface area contributed by atoms with E-state index in [0.29, 0.717) is 13.1 Å². The lowest BCUT2D eigenvalue weighted by atomic mass is 10.1. The Morgan fingerprint density at radius 2 is 1.84 bits per heavy atom. The molecule has 0 bridgehead atoms. The summed E-state index contributed by atoms with van der Waals surface area (Å²) in [6.45, 7) is 1.43. The van der Waals surface area contributed by atoms with Crippen LogP contribution in [-0.2, 0) is 0 Å². The molecule has 0 radical (unpaired) electrons. The molecule has 1 aromatic carbocycles. The van der Waals surface area contributed by atoms with Crippen molar-refractivity contribution in [2.24, 2.45) is 0 Å². The average molecular weight is 365 g/mol. The van der Waals surface area contributed by atoms with Crippen molar-refractivity contribution in [3.05, 3.63) is 57.5 Å². The average Bonchev–Trinajstić information content (AvgIpc) is 3.15. The summed E-state index contributed by atoms with van der Waals surface area (Å²) in [7, 11) is 0. The van der Waals surface area contributed by atoms with Crippen LogP contribution in [0.1, 0.15) is 21.3 Å². The van der Waals surface area contributed by atoms with Crippen LogP contribution >= 0.6 is 11.3 Å². The Bertz CT molecular complexity index is 811. The van der Waals surface area contributed by atoms with Crippen molar-refractivity contribution in [2.75, 3.05) is 26.2 Å². The minimum Gasteiger partial charge on any atom is -0.336 e. The number of thiophene rings is 1. The van der Waals surface area contributed by atoms with Crippen LogP contribution in [0.25, 0.3) is 0 Å². The second kappa shape index (κ2) is 7.25. The van der Waals surface area contributed by atoms with Gasteiger partial charge in [-0.2, -0.15) is 5.26 Å². The van der Waals surface area contributed by atoms with E-state index in [9.17, 15) is 23.2 Å². The predicted octanol–water partition coefficient (Wildman–Crippen LogP) is 3.19. The highest BCUT2D eigenvalue weighted by molar-refractivity contribution is 7.10. The first-order chi connectivity index (χ1) is 12.0. The summed E-state index contributed by atoms with van der Waals surface area (Å²) in [5.41, 5.74) is -0.484. The van der Waals surface area contributed by atoms with Crippen LogP contribution in [0, 0.1) is 28.8 Å². The van der Waals surface area contributed by atoms with E-state index in [2.05, 4.69) is 6.07 Å². The van der Waals surface area contributed by atoms with E-state index in [-0.39, 0.29) is 13.1 Å². The lowest BCUT2D eigenvalue weighted by molar-refractivity contribution is 0.0602. The molecule has 1 fully saturated rings. The van der Waals surface area contributed by atoms with Gasteiger partial charge in [-0.05, 0) is 23.6 Å². The Morgan fingerprint density at radius 3 is 2.44 bits per heavy atom. The highest BCUT2D eigenvalue weighted by atomic mass is 32.1. The molecule has 3 rings (SSSR count). The molecule has 0 aliphatic carbocycles. The molecule has 1 atom stereocenters. The van der Waals surface area contributed by atoms with Crippen molar-refractivity contribution in [2.45, 2.75) is 6.04 Å². The van der Waals surface area contributed by atoms with Gasteiger partial charge in [0.15, 0.2) is 17.5 Å². The van der Waals surface area contributed by atoms with E-state index in [1.54, 1.807) is 0 Å². The molecule has 1 unspecified atom stereocenters. The number of nitrogens with zero attached hydrogens (tertiary/aromatic N) is 3. The van der Waals surface area contributed by atoms with Crippen molar-refractivity contribution in [1.29, 1.82) is 5.26 Å². The van der Waals surface area contributed by atoms with E-state index in [0.717, 1.165) is 17.0 Å². The fraction of sp³-hybridized carbons (Fsp3) is 0.294. The molecule has 4 nitrogen and oxygen atoms in total. The molecular formula is C17H14F3N3OS. The van der Waals surface area contributed by atoms with Gasteiger partial charge in [0.05, 0.1) is 11.6 Å². The molecule has 1 aliphatic heterocycles. The van der Waals surface area contributed by atoms with E-state index < -0.39 is 35.0 Å². The Balaban J connectivity index is 1.69. The van der Waals surface area contributed by atoms with Crippen molar-refractivity contribution in [3.63, 3.8) is 0 Å². The Morgan fingerprint density at radius 1 is 1.12 bits per heavy atom. The fourth-order valence-electron chi connectivity index (χ4n) is 2.82. The maximum Gasteiger partial charge on any atom is 0.257 e. The van der Waals surface area contributed by atoms with Gasteiger partial charge in [-0.15, -0.1) is 11.3 Å². The van der Waals surface area contributed by atoms with Gasteiger partial charge in [0.2, 0.25) is 0 Å². The lowest BCUT2D eigenvalue weighted by Crippen LogP contribution is -2.49. The minimum atomic E-state index is -1.65. The quantitative estimate of drug-likeness (QED) is 0.785. The summed E-state index contributed by atoms with van der Waals surface area (Å²) in [6, 6.07) is 7.31. The van der Waals surface area contributed by atoms with Crippen molar-refractivity contribution in [1.82, 2.24) is 9.80 Å². The van der Waals surface area contributed by atoms with Gasteiger partial charge in [0, 0.05) is 31.1 Å². The van der Waals surface area contributed by atoms with Crippen molar-refractivity contribution >= 4 is 17.2 Å². The zero-order chi connectivity index (χ0) is 18.0. The van der Waals surface area contributed by atoms with Crippen LogP contribution in [0.3, 0.4) is 0 Å². The molecule has 1 saturated heterocycles. The third kappa shape index (κ3) is 3.38. The molecule has 8 heteroatoms. The Hall–Kier alpha value is -2.37. The van der Waals surface area contributed by atoms with E-state index in [1.165, 1.54) is 16.2 Å². The van der Waals surface area contributed by atoms with E-state index >= 15 is 0 Å². The maximum atomic E-state index is 13.8. The first-order valence-electron chi connectivity index (χ1n) is 7.62. The number of benzene rings is 1. The summed E-state index contributed by atoms with van der Waals surface area (Å²) < 4.78 is 40.1. The molecular weight excluding hydrogens is 351 g/mol. The molecule has 1 amide bonds. The second-order valence-corrected chi connectivity index (χ2v) is 6.58. The molecule has 2 aromatic rings. The van der Waals surface area contributed by atoms with Crippen LogP contribution in [0.5, 0.6) is 0 Å². The third-order valence-corrected chi connectivity index (χ3v) is 5.09. The molecule has 2 heterocycles. The summed E-state index contributed by atoms with van der Waals surface area (Å²) in [5, 5.41) is 11.3. The predicted molar refractivity (Wildman–Crippen MR) is 86.5 cm³/mol. The molecule has 25 heavy (non-hydrogen) atoms. The standard InChI is InChI=1S/C17H14F3N3OS/c18-12-4-3-11(15(19)16(12)20)17(24)23-7-5-22(6-8-23)13(10-21)14-2-1-9-25-14/h1-4,9,13H,5-8H2. The van der Waals surface area contributed by atoms with Gasteiger partial charge in [0.1, 0.15) is 6.04 Å². The summed E-state index contributed by atoms with van der Waals surface area (Å²) in [6.07, 6.45) is 0. The van der Waals surface area contributed by atoms with Crippen LogP contribution in [0.15, 0.2) is 29.6 Å². The highest BCUT2D eigenvalue weighted by Crippen LogP contribution is 2.26. The fourth-order valence-corrected chi connectivity index (χ4v) is 3.62. The van der Waals surface area contributed by atoms with E-state index in [1.807, 2.05) is 22.4 Å². The first kappa shape index (κ1) is 17.5. The number of hydrogen-bond donors (Lipinski definition) is 0. The van der Waals surface area contributed by atoms with Crippen molar-refractivity contribution < 1.29 is 18.0 Å². The van der Waals surface area contributed by atoms with Gasteiger partial charge in [-0.25, -0.2) is 13.2 Å². The zero-order valence-corrected chi connectivity index (χ0v) is 13.9. The number of rotatable bonds is 3. The van der Waals surface area contributed by atoms with Gasteiger partial charge in [-0.3, -0.25) is 9.69 Å². The van der Waals surface area contributed by atoms with Gasteiger partial charge >= 0.3 is 0 Å². The largest absolute Gasteiger partial charge is 0.336 e. The number of piperazine rings is 1. The maximum absolute atomic E-state index is 13.8. The van der Waals surface area contributed by atoms with E-state index in [4.69, 9.17) is 0 Å². The van der Waals surface area contributed by atoms with Gasteiger partial charge in [-0.1, -0.05) is 6.07 Å². The SMILES string of the molecule is N#CC(c1cccs1)N1CCN(C(=O)c2ccc(F)c(F)c2F)CC1. The van der Waals surface area contributed by atoms with Crippen molar-refractivity contribution in [3.8, 4) is 6.07 Å². The van der Waals surface area contributed by atoms with Gasteiger partial charge in [0.25, 0.3) is 5.91 Å². The van der Waals surface area contributed by atoms with Crippen LogP contribution in [0.4, 0.5) is 13.2 Å². The Labute approximate surface area is 146 Å². The smallest absolute Gasteiger partial charge is 0.257 e. The van der Waals surface area contributed by atoms with Gasteiger partial charge < -0.3 is 4.90 Å². The number of carbonyl (C=O) groups excluding carboxylic acids is 1. The first-order valence-corrected chi connectivity index (χ1v) is 8.50. The van der Waals surface area contributed by atoms with Crippen LogP contribution in [0.2, 0.25) is 0 Å². The summed E-state index contributed by atoms with van der Waals surface area (Å²) in [4.78, 5) is 16.6. The minimum absolute atomic E-state index is 0.279. The number of nitriles is 1. The summed E-state index contributed by atoms with van der Waals surface area (Å²) in [5.74, 6) is -5.12. The number of amides is 1. The molecule has 0 saturated carbocycles. The molecule has 1 aromatic heterocycles. The molecule has 0 spiro atoms. The monoisotopic (exact) mass is 365 g/mol. The van der Waals surface area contributed by atoms with Crippen LogP contribution in [-0.4, -0.2) is 41.9 Å². The molecule has 1 aliphatic rings. The van der Waals surface area contributed by atoms with Crippen LogP contribution < -0.4 is 0 Å². The molecule has 0 N–H and O–H groups in total. The number of carbonyl (C=O) groups is 1. The normalized spacial score (nSPS) is 16.5. The highest BCUT2D eigenvalue weighted by Gasteiger charge is 2.29. The summed E-state index contributed by atoms with van der Waals surface area (Å²) >= 11 is 1.49. The lowest BCUT2D eigenvalue weighted by Gasteiger charge is -2.36.